The van der Waals surface area contributed by atoms with Gasteiger partial charge >= 0.3 is 12.1 Å². The van der Waals surface area contributed by atoms with E-state index in [1.807, 2.05) is 0 Å². The lowest BCUT2D eigenvalue weighted by Crippen LogP contribution is -2.26. The van der Waals surface area contributed by atoms with Gasteiger partial charge in [0, 0.05) is 13.2 Å². The number of carboxylic acid groups (broad SMARTS) is 1. The van der Waals surface area contributed by atoms with Crippen molar-refractivity contribution in [3.63, 3.8) is 0 Å². The van der Waals surface area contributed by atoms with Crippen molar-refractivity contribution in [3.05, 3.63) is 0 Å². The predicted octanol–water partition coefficient (Wildman–Crippen LogP) is -0.430. The van der Waals surface area contributed by atoms with Crippen LogP contribution in [0.25, 0.3) is 0 Å². The molecule has 0 aromatic carbocycles. The van der Waals surface area contributed by atoms with Crippen molar-refractivity contribution in [2.24, 2.45) is 0 Å². The maximum absolute atomic E-state index is 10.7. The Hall–Kier alpha value is -1.30. The normalized spacial score (nSPS) is 9.31. The number of aliphatic hydroxyl groups excluding tert-OH is 1. The largest absolute Gasteiger partial charge is 0.481 e. The number of hydrogen-bond donors (Lipinski definition) is 3. The van der Waals surface area contributed by atoms with Crippen LogP contribution in [0.15, 0.2) is 0 Å². The first-order valence-corrected chi connectivity index (χ1v) is 3.90. The lowest BCUT2D eigenvalue weighted by atomic mass is 10.4. The van der Waals surface area contributed by atoms with E-state index in [9.17, 15) is 9.59 Å². The van der Waals surface area contributed by atoms with Gasteiger partial charge in [-0.25, -0.2) is 4.79 Å². The first kappa shape index (κ1) is 11.7. The van der Waals surface area contributed by atoms with E-state index in [1.54, 1.807) is 0 Å². The minimum absolute atomic E-state index is 0.00456. The molecule has 0 aromatic rings. The Kier molecular flexibility index (Phi) is 6.62. The Bertz CT molecular complexity index is 170. The summed E-state index contributed by atoms with van der Waals surface area (Å²) in [5.74, 6) is -1.01. The van der Waals surface area contributed by atoms with Crippen molar-refractivity contribution in [1.82, 2.24) is 5.32 Å². The van der Waals surface area contributed by atoms with Crippen LogP contribution in [0.1, 0.15) is 12.8 Å². The number of carbonyl (C=O) groups is 2. The molecule has 3 N–H and O–H groups in total. The third kappa shape index (κ3) is 8.61. The molecule has 0 aromatic heterocycles. The Morgan fingerprint density at radius 1 is 1.38 bits per heavy atom. The number of rotatable bonds is 6. The Balaban J connectivity index is 3.25. The van der Waals surface area contributed by atoms with Crippen LogP contribution >= 0.6 is 0 Å². The monoisotopic (exact) mass is 191 g/mol. The highest BCUT2D eigenvalue weighted by atomic mass is 16.5. The summed E-state index contributed by atoms with van der Waals surface area (Å²) in [7, 11) is 0. The van der Waals surface area contributed by atoms with E-state index in [2.05, 4.69) is 10.1 Å². The lowest BCUT2D eigenvalue weighted by molar-refractivity contribution is -0.137. The minimum atomic E-state index is -1.01. The van der Waals surface area contributed by atoms with Crippen LogP contribution in [-0.2, 0) is 9.53 Å². The van der Waals surface area contributed by atoms with Crippen molar-refractivity contribution < 1.29 is 24.5 Å². The van der Waals surface area contributed by atoms with E-state index >= 15 is 0 Å². The van der Waals surface area contributed by atoms with Gasteiger partial charge in [0.1, 0.15) is 6.61 Å². The standard InChI is InChI=1S/C7H13NO5/c9-4-1-3-8-7(12)13-5-2-6(10)11/h9H,1-5H2,(H,8,12)(H,10,11). The Morgan fingerprint density at radius 3 is 2.62 bits per heavy atom. The summed E-state index contributed by atoms with van der Waals surface area (Å²) < 4.78 is 4.49. The second-order valence-corrected chi connectivity index (χ2v) is 2.28. The highest BCUT2D eigenvalue weighted by Crippen LogP contribution is 1.84. The molecule has 0 saturated carbocycles. The fourth-order valence-electron chi connectivity index (χ4n) is 0.552. The van der Waals surface area contributed by atoms with Crippen LogP contribution in [-0.4, -0.2) is 42.0 Å². The second-order valence-electron chi connectivity index (χ2n) is 2.28. The van der Waals surface area contributed by atoms with Gasteiger partial charge in [-0.15, -0.1) is 0 Å². The third-order valence-electron chi connectivity index (χ3n) is 1.15. The summed E-state index contributed by atoms with van der Waals surface area (Å²) in [5, 5.41) is 18.9. The van der Waals surface area contributed by atoms with Gasteiger partial charge in [-0.05, 0) is 6.42 Å². The molecular formula is C7H13NO5. The molecule has 0 bridgehead atoms. The smallest absolute Gasteiger partial charge is 0.407 e. The molecule has 6 nitrogen and oxygen atoms in total. The summed E-state index contributed by atoms with van der Waals surface area (Å²) >= 11 is 0. The highest BCUT2D eigenvalue weighted by Gasteiger charge is 2.02. The van der Waals surface area contributed by atoms with Crippen molar-refractivity contribution in [2.45, 2.75) is 12.8 Å². The van der Waals surface area contributed by atoms with Crippen molar-refractivity contribution in [2.75, 3.05) is 19.8 Å². The molecule has 0 unspecified atom stereocenters. The van der Waals surface area contributed by atoms with Gasteiger partial charge in [-0.1, -0.05) is 0 Å². The first-order chi connectivity index (χ1) is 6.16. The molecule has 0 spiro atoms. The third-order valence-corrected chi connectivity index (χ3v) is 1.15. The summed E-state index contributed by atoms with van der Waals surface area (Å²) in [6, 6.07) is 0. The number of aliphatic hydroxyl groups is 1. The number of nitrogens with one attached hydrogen (secondary N) is 1. The molecule has 0 rings (SSSR count). The molecule has 76 valence electrons. The zero-order chi connectivity index (χ0) is 10.1. The average Bonchev–Trinajstić information content (AvgIpc) is 2.04. The van der Waals surface area contributed by atoms with Gasteiger partial charge in [0.2, 0.25) is 0 Å². The first-order valence-electron chi connectivity index (χ1n) is 3.90. The molecule has 0 radical (unpaired) electrons. The lowest BCUT2D eigenvalue weighted by Gasteiger charge is -2.04. The SMILES string of the molecule is O=C(O)CCOC(=O)NCCCO. The van der Waals surface area contributed by atoms with E-state index < -0.39 is 12.1 Å². The molecule has 13 heavy (non-hydrogen) atoms. The zero-order valence-electron chi connectivity index (χ0n) is 7.15. The summed E-state index contributed by atoms with van der Waals surface area (Å²) in [5.41, 5.74) is 0. The van der Waals surface area contributed by atoms with Gasteiger partial charge < -0.3 is 20.3 Å². The van der Waals surface area contributed by atoms with Crippen LogP contribution in [0.4, 0.5) is 4.79 Å². The van der Waals surface area contributed by atoms with Crippen LogP contribution in [0.3, 0.4) is 0 Å². The van der Waals surface area contributed by atoms with E-state index in [1.165, 1.54) is 0 Å². The number of amides is 1. The molecule has 1 amide bonds. The van der Waals surface area contributed by atoms with Crippen LogP contribution in [0.2, 0.25) is 0 Å². The summed E-state index contributed by atoms with van der Waals surface area (Å²) in [6.07, 6.45) is -0.406. The molecule has 0 aliphatic carbocycles. The number of alkyl carbamates (subject to hydrolysis) is 1. The number of aliphatic carboxylic acids is 1. The van der Waals surface area contributed by atoms with Gasteiger partial charge in [0.05, 0.1) is 6.42 Å². The Morgan fingerprint density at radius 2 is 2.08 bits per heavy atom. The summed E-state index contributed by atoms with van der Waals surface area (Å²) in [6.45, 7) is 0.179. The quantitative estimate of drug-likeness (QED) is 0.495. The summed E-state index contributed by atoms with van der Waals surface area (Å²) in [4.78, 5) is 20.7. The van der Waals surface area contributed by atoms with Crippen LogP contribution in [0.5, 0.6) is 0 Å². The average molecular weight is 191 g/mol. The highest BCUT2D eigenvalue weighted by molar-refractivity contribution is 5.69. The molecule has 0 atom stereocenters. The van der Waals surface area contributed by atoms with E-state index in [0.717, 1.165) is 0 Å². The topological polar surface area (TPSA) is 95.9 Å². The van der Waals surface area contributed by atoms with Gasteiger partial charge in [0.25, 0.3) is 0 Å². The molecule has 0 saturated heterocycles. The van der Waals surface area contributed by atoms with Crippen molar-refractivity contribution in [1.29, 1.82) is 0 Å². The number of carboxylic acids is 1. The predicted molar refractivity (Wildman–Crippen MR) is 43.3 cm³/mol. The van der Waals surface area contributed by atoms with E-state index in [0.29, 0.717) is 13.0 Å². The van der Waals surface area contributed by atoms with Crippen molar-refractivity contribution >= 4 is 12.1 Å². The zero-order valence-corrected chi connectivity index (χ0v) is 7.15. The second kappa shape index (κ2) is 7.35. The van der Waals surface area contributed by atoms with E-state index in [4.69, 9.17) is 10.2 Å². The fraction of sp³-hybridized carbons (Fsp3) is 0.714. The van der Waals surface area contributed by atoms with Gasteiger partial charge in [-0.3, -0.25) is 4.79 Å². The van der Waals surface area contributed by atoms with E-state index in [-0.39, 0.29) is 19.6 Å². The number of ether oxygens (including phenoxy) is 1. The van der Waals surface area contributed by atoms with Crippen LogP contribution in [0, 0.1) is 0 Å². The molecule has 0 heterocycles. The molecule has 0 fully saturated rings. The maximum Gasteiger partial charge on any atom is 0.407 e. The van der Waals surface area contributed by atoms with Gasteiger partial charge in [0.15, 0.2) is 0 Å². The molecule has 0 aliphatic rings. The number of carbonyl (C=O) groups excluding carboxylic acids is 1. The Labute approximate surface area is 75.5 Å². The minimum Gasteiger partial charge on any atom is -0.481 e. The molecule has 6 heteroatoms. The number of hydrogen-bond acceptors (Lipinski definition) is 4. The van der Waals surface area contributed by atoms with Crippen molar-refractivity contribution in [3.8, 4) is 0 Å². The van der Waals surface area contributed by atoms with Gasteiger partial charge in [-0.2, -0.15) is 0 Å². The maximum atomic E-state index is 10.7. The molecule has 0 aliphatic heterocycles. The molecular weight excluding hydrogens is 178 g/mol. The van der Waals surface area contributed by atoms with Crippen LogP contribution < -0.4 is 5.32 Å². The fourth-order valence-corrected chi connectivity index (χ4v) is 0.552.